The number of rotatable bonds is 6. The van der Waals surface area contributed by atoms with Gasteiger partial charge < -0.3 is 16.2 Å². The number of carboxylic acid groups (broad SMARTS) is 1. The third-order valence-corrected chi connectivity index (χ3v) is 3.66. The van der Waals surface area contributed by atoms with Crippen molar-refractivity contribution in [1.82, 2.24) is 5.32 Å². The lowest BCUT2D eigenvalue weighted by Gasteiger charge is -2.18. The van der Waals surface area contributed by atoms with Crippen molar-refractivity contribution < 1.29 is 14.7 Å². The van der Waals surface area contributed by atoms with E-state index >= 15 is 0 Å². The summed E-state index contributed by atoms with van der Waals surface area (Å²) in [5.74, 6) is -1.13. The van der Waals surface area contributed by atoms with Crippen LogP contribution in [0.5, 0.6) is 0 Å². The number of aliphatic carboxylic acids is 1. The lowest BCUT2D eigenvalue weighted by atomic mass is 9.95. The minimum absolute atomic E-state index is 0.0219. The van der Waals surface area contributed by atoms with Crippen molar-refractivity contribution >= 4 is 11.9 Å². The molecule has 5 heteroatoms. The van der Waals surface area contributed by atoms with E-state index in [2.05, 4.69) is 5.32 Å². The number of carbonyl (C=O) groups is 2. The van der Waals surface area contributed by atoms with Gasteiger partial charge in [-0.05, 0) is 31.7 Å². The second-order valence-electron chi connectivity index (χ2n) is 4.72. The highest BCUT2D eigenvalue weighted by molar-refractivity contribution is 5.80. The summed E-state index contributed by atoms with van der Waals surface area (Å²) in [6, 6.07) is 0. The van der Waals surface area contributed by atoms with E-state index in [1.165, 1.54) is 0 Å². The first-order valence-electron chi connectivity index (χ1n) is 6.30. The van der Waals surface area contributed by atoms with Gasteiger partial charge in [-0.15, -0.1) is 0 Å². The maximum Gasteiger partial charge on any atom is 0.308 e. The van der Waals surface area contributed by atoms with Crippen LogP contribution in [-0.4, -0.2) is 30.1 Å². The molecule has 3 unspecified atom stereocenters. The molecule has 0 aromatic carbocycles. The molecule has 0 aromatic heterocycles. The number of hydrogen-bond donors (Lipinski definition) is 3. The highest BCUT2D eigenvalue weighted by Crippen LogP contribution is 2.30. The molecule has 0 aromatic rings. The molecule has 5 nitrogen and oxygen atoms in total. The summed E-state index contributed by atoms with van der Waals surface area (Å²) in [5, 5.41) is 11.6. The number of nitrogens with two attached hydrogens (primary N) is 1. The van der Waals surface area contributed by atoms with Crippen LogP contribution in [0.2, 0.25) is 0 Å². The molecule has 17 heavy (non-hydrogen) atoms. The van der Waals surface area contributed by atoms with Crippen LogP contribution in [-0.2, 0) is 9.59 Å². The summed E-state index contributed by atoms with van der Waals surface area (Å²) in [5.41, 5.74) is 5.62. The number of carboxylic acids is 1. The first kappa shape index (κ1) is 14.0. The van der Waals surface area contributed by atoms with Crippen LogP contribution in [0.1, 0.15) is 32.6 Å². The molecular weight excluding hydrogens is 220 g/mol. The van der Waals surface area contributed by atoms with Crippen molar-refractivity contribution in [2.24, 2.45) is 23.5 Å². The van der Waals surface area contributed by atoms with Crippen LogP contribution in [0, 0.1) is 17.8 Å². The van der Waals surface area contributed by atoms with Crippen molar-refractivity contribution in [1.29, 1.82) is 0 Å². The highest BCUT2D eigenvalue weighted by Gasteiger charge is 2.32. The number of amides is 1. The van der Waals surface area contributed by atoms with Gasteiger partial charge in [0, 0.05) is 12.5 Å². The van der Waals surface area contributed by atoms with Gasteiger partial charge in [0.1, 0.15) is 0 Å². The molecule has 0 aliphatic heterocycles. The van der Waals surface area contributed by atoms with Crippen LogP contribution in [0.3, 0.4) is 0 Å². The Kier molecular flexibility index (Phi) is 5.41. The molecule has 1 amide bonds. The van der Waals surface area contributed by atoms with Crippen LogP contribution < -0.4 is 11.1 Å². The molecule has 0 heterocycles. The Morgan fingerprint density at radius 2 is 2.18 bits per heavy atom. The Morgan fingerprint density at radius 1 is 1.47 bits per heavy atom. The summed E-state index contributed by atoms with van der Waals surface area (Å²) >= 11 is 0. The first-order valence-corrected chi connectivity index (χ1v) is 6.30. The van der Waals surface area contributed by atoms with Crippen LogP contribution >= 0.6 is 0 Å². The van der Waals surface area contributed by atoms with Crippen molar-refractivity contribution in [2.45, 2.75) is 32.6 Å². The van der Waals surface area contributed by atoms with Gasteiger partial charge in [-0.3, -0.25) is 9.59 Å². The zero-order valence-corrected chi connectivity index (χ0v) is 10.3. The van der Waals surface area contributed by atoms with Crippen LogP contribution in [0.4, 0.5) is 0 Å². The quantitative estimate of drug-likeness (QED) is 0.635. The summed E-state index contributed by atoms with van der Waals surface area (Å²) in [6.07, 6.45) is 3.44. The van der Waals surface area contributed by atoms with Crippen LogP contribution in [0.25, 0.3) is 0 Å². The molecule has 0 bridgehead atoms. The van der Waals surface area contributed by atoms with E-state index in [4.69, 9.17) is 10.8 Å². The molecule has 3 atom stereocenters. The number of hydrogen-bond acceptors (Lipinski definition) is 3. The van der Waals surface area contributed by atoms with Gasteiger partial charge in [-0.1, -0.05) is 13.3 Å². The Labute approximate surface area is 102 Å². The molecule has 1 aliphatic rings. The molecule has 0 saturated heterocycles. The molecule has 1 fully saturated rings. The van der Waals surface area contributed by atoms with Gasteiger partial charge in [0.15, 0.2) is 0 Å². The minimum atomic E-state index is -0.852. The fourth-order valence-corrected chi connectivity index (χ4v) is 2.43. The molecular formula is C12H22N2O3. The molecule has 1 saturated carbocycles. The van der Waals surface area contributed by atoms with Crippen molar-refractivity contribution in [3.05, 3.63) is 0 Å². The lowest BCUT2D eigenvalue weighted by Crippen LogP contribution is -2.39. The minimum Gasteiger partial charge on any atom is -0.481 e. The largest absolute Gasteiger partial charge is 0.481 e. The van der Waals surface area contributed by atoms with E-state index in [0.29, 0.717) is 13.0 Å². The predicted molar refractivity (Wildman–Crippen MR) is 64.3 cm³/mol. The molecule has 98 valence electrons. The van der Waals surface area contributed by atoms with E-state index in [0.717, 1.165) is 19.3 Å². The second kappa shape index (κ2) is 6.59. The Hall–Kier alpha value is -1.10. The van der Waals surface area contributed by atoms with E-state index in [9.17, 15) is 9.59 Å². The third-order valence-electron chi connectivity index (χ3n) is 3.66. The van der Waals surface area contributed by atoms with Gasteiger partial charge in [-0.25, -0.2) is 0 Å². The average molecular weight is 242 g/mol. The standard InChI is InChI=1S/C12H22N2O3/c1-2-8(12(16)17)7-14-11(15)10-5-3-4-9(10)6-13/h8-10H,2-7,13H2,1H3,(H,14,15)(H,16,17). The summed E-state index contributed by atoms with van der Waals surface area (Å²) in [7, 11) is 0. The average Bonchev–Trinajstić information content (AvgIpc) is 2.77. The predicted octanol–water partition coefficient (Wildman–Crippen LogP) is 0.588. The van der Waals surface area contributed by atoms with E-state index < -0.39 is 11.9 Å². The molecule has 0 spiro atoms. The van der Waals surface area contributed by atoms with Crippen molar-refractivity contribution in [3.8, 4) is 0 Å². The van der Waals surface area contributed by atoms with Gasteiger partial charge in [-0.2, -0.15) is 0 Å². The Balaban J connectivity index is 2.41. The third kappa shape index (κ3) is 3.70. The molecule has 1 rings (SSSR count). The smallest absolute Gasteiger partial charge is 0.308 e. The SMILES string of the molecule is CCC(CNC(=O)C1CCCC1CN)C(=O)O. The first-order chi connectivity index (χ1) is 8.10. The zero-order chi connectivity index (χ0) is 12.8. The Morgan fingerprint density at radius 3 is 2.71 bits per heavy atom. The van der Waals surface area contributed by atoms with Crippen LogP contribution in [0.15, 0.2) is 0 Å². The van der Waals surface area contributed by atoms with Gasteiger partial charge in [0.2, 0.25) is 5.91 Å². The maximum absolute atomic E-state index is 11.9. The highest BCUT2D eigenvalue weighted by atomic mass is 16.4. The normalized spacial score (nSPS) is 25.5. The van der Waals surface area contributed by atoms with Crippen molar-refractivity contribution in [3.63, 3.8) is 0 Å². The monoisotopic (exact) mass is 242 g/mol. The van der Waals surface area contributed by atoms with Gasteiger partial charge >= 0.3 is 5.97 Å². The maximum atomic E-state index is 11.9. The van der Waals surface area contributed by atoms with E-state index in [1.54, 1.807) is 0 Å². The zero-order valence-electron chi connectivity index (χ0n) is 10.3. The fourth-order valence-electron chi connectivity index (χ4n) is 2.43. The lowest BCUT2D eigenvalue weighted by molar-refractivity contribution is -0.141. The van der Waals surface area contributed by atoms with E-state index in [-0.39, 0.29) is 24.3 Å². The second-order valence-corrected chi connectivity index (χ2v) is 4.72. The Bertz CT molecular complexity index is 281. The van der Waals surface area contributed by atoms with Gasteiger partial charge in [0.25, 0.3) is 0 Å². The van der Waals surface area contributed by atoms with Crippen molar-refractivity contribution in [2.75, 3.05) is 13.1 Å². The van der Waals surface area contributed by atoms with Gasteiger partial charge in [0.05, 0.1) is 5.92 Å². The topological polar surface area (TPSA) is 92.4 Å². The number of carbonyl (C=O) groups excluding carboxylic acids is 1. The number of nitrogens with one attached hydrogen (secondary N) is 1. The molecule has 0 radical (unpaired) electrons. The summed E-state index contributed by atoms with van der Waals surface area (Å²) in [6.45, 7) is 2.57. The van der Waals surface area contributed by atoms with E-state index in [1.807, 2.05) is 6.92 Å². The summed E-state index contributed by atoms with van der Waals surface area (Å²) in [4.78, 5) is 22.7. The molecule has 1 aliphatic carbocycles. The summed E-state index contributed by atoms with van der Waals surface area (Å²) < 4.78 is 0. The molecule has 4 N–H and O–H groups in total. The fraction of sp³-hybridized carbons (Fsp3) is 0.833.